The Morgan fingerprint density at radius 1 is 0.887 bits per heavy atom. The largest absolute Gasteiger partial charge is 0.487 e. The van der Waals surface area contributed by atoms with Crippen LogP contribution in [0.1, 0.15) is 55.4 Å². The van der Waals surface area contributed by atoms with Crippen LogP contribution in [-0.2, 0) is 48.0 Å². The van der Waals surface area contributed by atoms with Gasteiger partial charge in [0.1, 0.15) is 23.1 Å². The molecule has 0 aromatic heterocycles. The predicted molar refractivity (Wildman–Crippen MR) is 199 cm³/mol. The van der Waals surface area contributed by atoms with Gasteiger partial charge in [-0.2, -0.15) is 0 Å². The molecule has 1 atom stereocenters. The van der Waals surface area contributed by atoms with E-state index in [2.05, 4.69) is 10.0 Å². The number of amidine groups is 1. The average Bonchev–Trinajstić information content (AvgIpc) is 3.13. The molecular formula is C38H43N3O10S2. The topological polar surface area (TPSA) is 209 Å². The monoisotopic (exact) mass is 765 g/mol. The number of sulfone groups is 1. The average molecular weight is 766 g/mol. The molecule has 0 saturated heterocycles. The summed E-state index contributed by atoms with van der Waals surface area (Å²) >= 11 is 0. The Morgan fingerprint density at radius 2 is 1.58 bits per heavy atom. The lowest BCUT2D eigenvalue weighted by atomic mass is 9.84. The highest BCUT2D eigenvalue weighted by Crippen LogP contribution is 2.35. The molecule has 4 aromatic carbocycles. The number of rotatable bonds is 17. The number of nitrogens with one attached hydrogen (secondary N) is 3. The van der Waals surface area contributed by atoms with Crippen LogP contribution in [0.25, 0.3) is 11.1 Å². The third-order valence-electron chi connectivity index (χ3n) is 8.42. The summed E-state index contributed by atoms with van der Waals surface area (Å²) < 4.78 is 66.3. The minimum absolute atomic E-state index is 0.0195. The third kappa shape index (κ3) is 10.3. The molecule has 0 spiro atoms. The molecular weight excluding hydrogens is 723 g/mol. The quantitative estimate of drug-likeness (QED) is 0.0526. The first-order chi connectivity index (χ1) is 25.1. The number of aliphatic carboxylic acids is 1. The van der Waals surface area contributed by atoms with E-state index in [9.17, 15) is 36.6 Å². The normalized spacial score (nSPS) is 12.8. The van der Waals surface area contributed by atoms with Crippen LogP contribution in [0.3, 0.4) is 0 Å². The van der Waals surface area contributed by atoms with Gasteiger partial charge in [-0.25, -0.2) is 31.1 Å². The minimum atomic E-state index is -4.37. The molecule has 4 aromatic rings. The van der Waals surface area contributed by atoms with Crippen molar-refractivity contribution in [1.29, 1.82) is 5.41 Å². The van der Waals surface area contributed by atoms with Crippen molar-refractivity contribution in [2.75, 3.05) is 19.4 Å². The van der Waals surface area contributed by atoms with Gasteiger partial charge in [0.05, 0.1) is 11.5 Å². The first-order valence-electron chi connectivity index (χ1n) is 16.8. The first-order valence-corrected chi connectivity index (χ1v) is 20.2. The highest BCUT2D eigenvalue weighted by atomic mass is 32.2. The highest BCUT2D eigenvalue weighted by molar-refractivity contribution is 7.91. The van der Waals surface area contributed by atoms with Gasteiger partial charge in [-0.3, -0.25) is 10.7 Å². The molecule has 0 aliphatic rings. The van der Waals surface area contributed by atoms with Gasteiger partial charge in [0.25, 0.3) is 0 Å². The Morgan fingerprint density at radius 3 is 2.25 bits per heavy atom. The van der Waals surface area contributed by atoms with Gasteiger partial charge in [0.15, 0.2) is 15.4 Å². The molecule has 0 aliphatic heterocycles. The van der Waals surface area contributed by atoms with Crippen LogP contribution >= 0.6 is 0 Å². The maximum Gasteiger partial charge on any atom is 0.412 e. The summed E-state index contributed by atoms with van der Waals surface area (Å²) in [4.78, 5) is 24.3. The smallest absolute Gasteiger partial charge is 0.412 e. The molecule has 1 unspecified atom stereocenters. The molecule has 0 bridgehead atoms. The second-order valence-electron chi connectivity index (χ2n) is 12.2. The third-order valence-corrected chi connectivity index (χ3v) is 11.1. The molecule has 13 nitrogen and oxygen atoms in total. The van der Waals surface area contributed by atoms with Gasteiger partial charge in [-0.15, -0.1) is 0 Å². The van der Waals surface area contributed by atoms with Crippen LogP contribution in [-0.4, -0.2) is 64.4 Å². The number of aliphatic hydroxyl groups is 1. The number of ether oxygens (including phenoxy) is 2. The molecule has 15 heteroatoms. The van der Waals surface area contributed by atoms with Gasteiger partial charge in [-0.1, -0.05) is 80.9 Å². The molecule has 0 heterocycles. The van der Waals surface area contributed by atoms with E-state index in [1.165, 1.54) is 43.3 Å². The number of carbonyl (C=O) groups excluding carboxylic acids is 1. The number of benzene rings is 4. The summed E-state index contributed by atoms with van der Waals surface area (Å²) in [6, 6.07) is 23.8. The Bertz CT molecular complexity index is 2180. The standard InChI is InChI=1S/C38H43N3O10S2/c1-4-6-22-50-37(44)41-35(39)29-18-19-32(51-25-26-12-8-7-9-13-26)34(24-29)53(48,49)40-21-20-27-16-17-28(23-31(27)38(45,5-2)36(42)43)30-14-10-11-15-33(30)52(3,46)47/h7-19,23-24,40,45H,4-6,20-22,25H2,1-3H3,(H,42,43)(H2,39,41,44). The van der Waals surface area contributed by atoms with E-state index < -0.39 is 43.4 Å². The van der Waals surface area contributed by atoms with E-state index in [-0.39, 0.29) is 59.3 Å². The van der Waals surface area contributed by atoms with Crippen molar-refractivity contribution < 1.29 is 46.1 Å². The van der Waals surface area contributed by atoms with E-state index in [4.69, 9.17) is 14.9 Å². The molecule has 0 aliphatic carbocycles. The zero-order valence-electron chi connectivity index (χ0n) is 29.6. The fraction of sp³-hybridized carbons (Fsp3) is 0.289. The number of carbonyl (C=O) groups is 2. The zero-order chi connectivity index (χ0) is 38.8. The van der Waals surface area contributed by atoms with Gasteiger partial charge >= 0.3 is 12.1 Å². The fourth-order valence-electron chi connectivity index (χ4n) is 5.48. The summed E-state index contributed by atoms with van der Waals surface area (Å²) in [7, 11) is -8.04. The molecule has 5 N–H and O–H groups in total. The second kappa shape index (κ2) is 17.6. The van der Waals surface area contributed by atoms with Crippen molar-refractivity contribution in [1.82, 2.24) is 10.0 Å². The molecule has 0 radical (unpaired) electrons. The highest BCUT2D eigenvalue weighted by Gasteiger charge is 2.38. The number of carboxylic acids is 1. The van der Waals surface area contributed by atoms with Crippen molar-refractivity contribution in [3.63, 3.8) is 0 Å². The maximum absolute atomic E-state index is 13.9. The summed E-state index contributed by atoms with van der Waals surface area (Å²) in [5.41, 5.74) is -0.595. The Kier molecular flexibility index (Phi) is 13.5. The Labute approximate surface area is 309 Å². The fourth-order valence-corrected chi connectivity index (χ4v) is 7.59. The van der Waals surface area contributed by atoms with Gasteiger partial charge in [-0.05, 0) is 71.8 Å². The molecule has 282 valence electrons. The van der Waals surface area contributed by atoms with Crippen molar-refractivity contribution >= 4 is 37.8 Å². The van der Waals surface area contributed by atoms with Crippen molar-refractivity contribution in [3.8, 4) is 16.9 Å². The number of hydrogen-bond acceptors (Lipinski definition) is 10. The summed E-state index contributed by atoms with van der Waals surface area (Å²) in [6.07, 6.45) is 1.33. The number of unbranched alkanes of at least 4 members (excludes halogenated alkanes) is 1. The second-order valence-corrected chi connectivity index (χ2v) is 16.0. The number of carboxylic acid groups (broad SMARTS) is 1. The first kappa shape index (κ1) is 40.7. The molecule has 53 heavy (non-hydrogen) atoms. The summed E-state index contributed by atoms with van der Waals surface area (Å²) in [6.45, 7) is 3.35. The van der Waals surface area contributed by atoms with E-state index in [1.54, 1.807) is 24.3 Å². The van der Waals surface area contributed by atoms with E-state index >= 15 is 0 Å². The lowest BCUT2D eigenvalue weighted by molar-refractivity contribution is -0.160. The van der Waals surface area contributed by atoms with Crippen LogP contribution in [0.5, 0.6) is 5.75 Å². The molecule has 0 fully saturated rings. The number of sulfonamides is 1. The zero-order valence-corrected chi connectivity index (χ0v) is 31.2. The Hall–Kier alpha value is -5.09. The lowest BCUT2D eigenvalue weighted by Crippen LogP contribution is -2.36. The molecule has 4 rings (SSSR count). The van der Waals surface area contributed by atoms with Crippen molar-refractivity contribution in [2.45, 2.75) is 61.5 Å². The van der Waals surface area contributed by atoms with Gasteiger partial charge in [0, 0.05) is 23.9 Å². The minimum Gasteiger partial charge on any atom is -0.487 e. The number of alkyl carbamates (subject to hydrolysis) is 1. The summed E-state index contributed by atoms with van der Waals surface area (Å²) in [5, 5.41) is 32.1. The number of hydrogen-bond donors (Lipinski definition) is 5. The Balaban J connectivity index is 1.66. The van der Waals surface area contributed by atoms with Crippen LogP contribution in [0, 0.1) is 5.41 Å². The van der Waals surface area contributed by atoms with Crippen LogP contribution in [0.4, 0.5) is 4.79 Å². The van der Waals surface area contributed by atoms with E-state index in [0.717, 1.165) is 18.2 Å². The lowest BCUT2D eigenvalue weighted by Gasteiger charge is -2.26. The van der Waals surface area contributed by atoms with Crippen molar-refractivity contribution in [2.24, 2.45) is 0 Å². The van der Waals surface area contributed by atoms with Gasteiger partial charge in [0.2, 0.25) is 10.0 Å². The van der Waals surface area contributed by atoms with E-state index in [0.29, 0.717) is 23.1 Å². The van der Waals surface area contributed by atoms with Gasteiger partial charge < -0.3 is 19.7 Å². The SMILES string of the molecule is CCCCOC(=O)NC(=N)c1ccc(OCc2ccccc2)c(S(=O)(=O)NCCc2ccc(-c3ccccc3S(C)(=O)=O)cc2C(O)(CC)C(=O)O)c1. The van der Waals surface area contributed by atoms with Crippen LogP contribution < -0.4 is 14.8 Å². The maximum atomic E-state index is 13.9. The summed E-state index contributed by atoms with van der Waals surface area (Å²) in [5.74, 6) is -1.95. The molecule has 1 amide bonds. The van der Waals surface area contributed by atoms with Crippen LogP contribution in [0.2, 0.25) is 0 Å². The van der Waals surface area contributed by atoms with Crippen molar-refractivity contribution in [3.05, 3.63) is 113 Å². The van der Waals surface area contributed by atoms with Crippen LogP contribution in [0.15, 0.2) is 101 Å². The number of amides is 1. The van der Waals surface area contributed by atoms with E-state index in [1.807, 2.05) is 37.3 Å². The molecule has 0 saturated carbocycles. The predicted octanol–water partition coefficient (Wildman–Crippen LogP) is 5.39.